The Morgan fingerprint density at radius 3 is 1.50 bits per heavy atom. The third kappa shape index (κ3) is 9.08. The second-order valence-electron chi connectivity index (χ2n) is 18.1. The van der Waals surface area contributed by atoms with E-state index in [-0.39, 0.29) is 20.1 Å². The van der Waals surface area contributed by atoms with Gasteiger partial charge in [0.15, 0.2) is 0 Å². The van der Waals surface area contributed by atoms with Crippen LogP contribution < -0.4 is 0 Å². The number of hydrogen-bond donors (Lipinski definition) is 0. The molecule has 5 heteroatoms. The number of pyridine rings is 3. The van der Waals surface area contributed by atoms with Gasteiger partial charge in [0.1, 0.15) is 5.58 Å². The van der Waals surface area contributed by atoms with Gasteiger partial charge in [-0.1, -0.05) is 157 Å². The van der Waals surface area contributed by atoms with Gasteiger partial charge >= 0.3 is 20.1 Å². The van der Waals surface area contributed by atoms with Crippen LogP contribution >= 0.6 is 0 Å². The van der Waals surface area contributed by atoms with Crippen LogP contribution in [-0.4, -0.2) is 15.0 Å². The molecule has 13 aromatic rings. The van der Waals surface area contributed by atoms with Crippen molar-refractivity contribution in [3.63, 3.8) is 0 Å². The van der Waals surface area contributed by atoms with Crippen LogP contribution in [-0.2, 0) is 20.1 Å². The first-order valence-corrected chi connectivity index (χ1v) is 24.4. The summed E-state index contributed by atoms with van der Waals surface area (Å²) < 4.78 is 6.34. The van der Waals surface area contributed by atoms with Gasteiger partial charge in [0, 0.05) is 18.6 Å². The summed E-state index contributed by atoms with van der Waals surface area (Å²) in [6.45, 7) is 0. The number of fused-ring (bicyclic) bond motifs is 3. The van der Waals surface area contributed by atoms with Crippen molar-refractivity contribution < 1.29 is 24.5 Å². The summed E-state index contributed by atoms with van der Waals surface area (Å²) in [6.07, 6.45) is 5.65. The Morgan fingerprint density at radius 2 is 0.851 bits per heavy atom. The maximum absolute atomic E-state index is 6.34. The molecule has 0 fully saturated rings. The Labute approximate surface area is 443 Å². The molecule has 0 unspecified atom stereocenters. The number of furan rings is 1. The van der Waals surface area contributed by atoms with E-state index in [0.717, 1.165) is 134 Å². The third-order valence-electron chi connectivity index (χ3n) is 13.6. The van der Waals surface area contributed by atoms with Gasteiger partial charge in [-0.2, -0.15) is 0 Å². The molecule has 9 aromatic carbocycles. The summed E-state index contributed by atoms with van der Waals surface area (Å²) in [5.74, 6) is 0. The Morgan fingerprint density at radius 1 is 0.297 bits per heavy atom. The minimum absolute atomic E-state index is 0. The monoisotopic (exact) mass is 1120 g/mol. The molecule has 74 heavy (non-hydrogen) atoms. The van der Waals surface area contributed by atoms with Crippen LogP contribution in [0.4, 0.5) is 0 Å². The fourth-order valence-corrected chi connectivity index (χ4v) is 9.95. The number of benzene rings is 9. The predicted molar refractivity (Wildman–Crippen MR) is 298 cm³/mol. The summed E-state index contributed by atoms with van der Waals surface area (Å²) in [5, 5.41) is 2.09. The first kappa shape index (κ1) is 46.0. The summed E-state index contributed by atoms with van der Waals surface area (Å²) in [4.78, 5) is 14.2. The minimum Gasteiger partial charge on any atom is -0.476 e. The second kappa shape index (κ2) is 20.2. The first-order chi connectivity index (χ1) is 36.1. The van der Waals surface area contributed by atoms with E-state index in [1.165, 1.54) is 0 Å². The molecule has 0 saturated heterocycles. The van der Waals surface area contributed by atoms with Gasteiger partial charge in [-0.05, 0) is 131 Å². The fourth-order valence-electron chi connectivity index (χ4n) is 9.95. The third-order valence-corrected chi connectivity index (χ3v) is 13.6. The van der Waals surface area contributed by atoms with E-state index >= 15 is 0 Å². The molecule has 0 radical (unpaired) electrons. The van der Waals surface area contributed by atoms with Crippen molar-refractivity contribution in [2.45, 2.75) is 0 Å². The Balaban J connectivity index is 0.00000556. The molecule has 0 aliphatic rings. The molecule has 4 heterocycles. The van der Waals surface area contributed by atoms with Crippen molar-refractivity contribution in [2.75, 3.05) is 0 Å². The number of nitrogens with zero attached hydrogens (tertiary/aromatic N) is 3. The van der Waals surface area contributed by atoms with Gasteiger partial charge in [-0.25, -0.2) is 0 Å². The van der Waals surface area contributed by atoms with Crippen molar-refractivity contribution in [1.29, 1.82) is 0 Å². The Bertz CT molecular complexity index is 4150. The van der Waals surface area contributed by atoms with E-state index in [0.29, 0.717) is 0 Å². The average Bonchev–Trinajstić information content (AvgIpc) is 3.86. The van der Waals surface area contributed by atoms with E-state index < -0.39 is 0 Å². The Kier molecular flexibility index (Phi) is 12.5. The van der Waals surface area contributed by atoms with Crippen LogP contribution in [0.15, 0.2) is 260 Å². The maximum Gasteiger partial charge on any atom is 3.00 e. The van der Waals surface area contributed by atoms with Crippen LogP contribution in [0.1, 0.15) is 0 Å². The van der Waals surface area contributed by atoms with E-state index in [2.05, 4.69) is 199 Å². The van der Waals surface area contributed by atoms with E-state index in [1.807, 2.05) is 73.1 Å². The normalized spacial score (nSPS) is 11.1. The predicted octanol–water partition coefficient (Wildman–Crippen LogP) is 17.8. The van der Waals surface area contributed by atoms with Crippen molar-refractivity contribution in [3.05, 3.63) is 273 Å². The summed E-state index contributed by atoms with van der Waals surface area (Å²) >= 11 is 0. The molecule has 0 aliphatic carbocycles. The van der Waals surface area contributed by atoms with Crippen LogP contribution in [0.25, 0.3) is 134 Å². The molecular weight excluding hydrogens is 1080 g/mol. The fraction of sp³-hybridized carbons (Fsp3) is 0. The van der Waals surface area contributed by atoms with Crippen molar-refractivity contribution in [3.8, 4) is 112 Å². The van der Waals surface area contributed by atoms with E-state index in [4.69, 9.17) is 14.4 Å². The van der Waals surface area contributed by atoms with Gasteiger partial charge in [-0.3, -0.25) is 0 Å². The zero-order valence-electron chi connectivity index (χ0n) is 39.8. The number of hydrogen-bond acceptors (Lipinski definition) is 4. The molecule has 0 N–H and O–H groups in total. The molecule has 0 aliphatic heterocycles. The van der Waals surface area contributed by atoms with Gasteiger partial charge in [0.2, 0.25) is 0 Å². The molecule has 0 amide bonds. The molecule has 0 bridgehead atoms. The first-order valence-electron chi connectivity index (χ1n) is 24.4. The van der Waals surface area contributed by atoms with Crippen LogP contribution in [0, 0.1) is 18.2 Å². The van der Waals surface area contributed by atoms with E-state index in [1.54, 1.807) is 6.20 Å². The largest absolute Gasteiger partial charge is 3.00 e. The van der Waals surface area contributed by atoms with Crippen molar-refractivity contribution >= 4 is 21.9 Å². The molecule has 0 spiro atoms. The zero-order chi connectivity index (χ0) is 48.5. The van der Waals surface area contributed by atoms with E-state index in [9.17, 15) is 0 Å². The van der Waals surface area contributed by atoms with Crippen LogP contribution in [0.5, 0.6) is 0 Å². The molecule has 0 atom stereocenters. The van der Waals surface area contributed by atoms with Gasteiger partial charge in [0.05, 0.1) is 5.58 Å². The SMILES string of the molecule is [Ir+3].[c-]1ccccc1-c1ccc(-c2cccc(-c3cccc(-c4ccccc4-c4ccnc(-c5[c-]ccc(-c6ccccc6-c6cccc(-c7ccc8oc9cc(-c%10ccccn%10)[c-]cc9c8c7)c6)c5)c4)c3)c2)cn1. The topological polar surface area (TPSA) is 51.8 Å². The summed E-state index contributed by atoms with van der Waals surface area (Å²) in [6, 6.07) is 92.9. The van der Waals surface area contributed by atoms with Gasteiger partial charge in [0.25, 0.3) is 0 Å². The molecular formula is C69H42IrN3O. The summed E-state index contributed by atoms with van der Waals surface area (Å²) in [7, 11) is 0. The smallest absolute Gasteiger partial charge is 0.476 e. The standard InChI is InChI=1S/C69H42N3O.Ir/c1-2-14-46(15-3-1)66-33-30-58(45-72-66)50-19-10-16-47(38-50)48-17-11-20-52(39-48)60-25-6-7-27-62(60)55-35-37-71-67(43-55)56-23-13-22-54(41-56)61-26-5-4-24-59(61)53-21-12-18-49(40-53)51-31-34-68-64(42-51)63-32-29-57(44-69(63)73-68)65-28-8-9-36-70-65;/h1-14,16-22,24-28,30-45H;/q-3;+3. The molecule has 348 valence electrons. The van der Waals surface area contributed by atoms with Gasteiger partial charge in [-0.15, -0.1) is 89.0 Å². The Hall–Kier alpha value is -9.12. The van der Waals surface area contributed by atoms with Crippen LogP contribution in [0.2, 0.25) is 0 Å². The van der Waals surface area contributed by atoms with Crippen molar-refractivity contribution in [1.82, 2.24) is 15.0 Å². The summed E-state index contributed by atoms with van der Waals surface area (Å²) in [5.41, 5.74) is 22.8. The molecule has 4 aromatic heterocycles. The molecule has 4 nitrogen and oxygen atoms in total. The average molecular weight is 1120 g/mol. The zero-order valence-corrected chi connectivity index (χ0v) is 42.2. The van der Waals surface area contributed by atoms with Crippen molar-refractivity contribution in [2.24, 2.45) is 0 Å². The minimum atomic E-state index is 0. The number of aromatic nitrogens is 3. The van der Waals surface area contributed by atoms with Gasteiger partial charge < -0.3 is 19.4 Å². The maximum atomic E-state index is 6.34. The quantitative estimate of drug-likeness (QED) is 0.128. The molecule has 13 rings (SSSR count). The number of rotatable bonds is 10. The molecule has 0 saturated carbocycles. The second-order valence-corrected chi connectivity index (χ2v) is 18.1. The van der Waals surface area contributed by atoms with Crippen LogP contribution in [0.3, 0.4) is 0 Å².